The lowest BCUT2D eigenvalue weighted by molar-refractivity contribution is 1.10. The van der Waals surface area contributed by atoms with Gasteiger partial charge in [0.1, 0.15) is 11.6 Å². The van der Waals surface area contributed by atoms with Gasteiger partial charge in [-0.2, -0.15) is 0 Å². The Morgan fingerprint density at radius 2 is 0.550 bits per heavy atom. The van der Waals surface area contributed by atoms with Gasteiger partial charge in [0.15, 0.2) is 0 Å². The Morgan fingerprint density at radius 3 is 0.900 bits per heavy atom. The molecule has 14 aromatic rings. The van der Waals surface area contributed by atoms with Crippen molar-refractivity contribution < 1.29 is 0 Å². The second-order valence-electron chi connectivity index (χ2n) is 21.0. The molecule has 11 aromatic carbocycles. The molecule has 0 saturated heterocycles. The molecule has 3 aromatic heterocycles. The molecular weight excluding hydrogens is 973 g/mol. The van der Waals surface area contributed by atoms with Gasteiger partial charge < -0.3 is 0 Å². The number of hydrogen-bond acceptors (Lipinski definition) is 4. The maximum absolute atomic E-state index is 5.77. The summed E-state index contributed by atoms with van der Waals surface area (Å²) in [4.78, 5) is 21.8. The van der Waals surface area contributed by atoms with Gasteiger partial charge in [0, 0.05) is 44.8 Å². The molecule has 6 heteroatoms. The van der Waals surface area contributed by atoms with Gasteiger partial charge >= 0.3 is 0 Å². The molecule has 14 rings (SSSR count). The highest BCUT2D eigenvalue weighted by Gasteiger charge is 2.22. The van der Waals surface area contributed by atoms with Crippen molar-refractivity contribution in [2.24, 2.45) is 0 Å². The quantitative estimate of drug-likeness (QED) is 0.137. The van der Waals surface area contributed by atoms with E-state index >= 15 is 0 Å². The largest absolute Gasteiger partial charge is 0.292 e. The van der Waals surface area contributed by atoms with E-state index in [1.54, 1.807) is 0 Å². The molecule has 0 amide bonds. The molecule has 80 heavy (non-hydrogen) atoms. The van der Waals surface area contributed by atoms with Gasteiger partial charge in [-0.25, -0.2) is 19.9 Å². The van der Waals surface area contributed by atoms with Crippen LogP contribution in [0.4, 0.5) is 0 Å². The van der Waals surface area contributed by atoms with Crippen LogP contribution in [0.1, 0.15) is 22.3 Å². The fraction of sp³-hybridized carbons (Fsp3) is 0.0541. The summed E-state index contributed by atoms with van der Waals surface area (Å²) in [6.07, 6.45) is 0. The number of hydrogen-bond donors (Lipinski definition) is 0. The van der Waals surface area contributed by atoms with Crippen LogP contribution in [-0.2, 0) is 0 Å². The second kappa shape index (κ2) is 19.9. The zero-order valence-electron chi connectivity index (χ0n) is 44.9. The number of aryl methyl sites for hydroxylation is 4. The smallest absolute Gasteiger partial charge is 0.145 e. The first-order valence-electron chi connectivity index (χ1n) is 27.3. The molecule has 3 heterocycles. The van der Waals surface area contributed by atoms with E-state index < -0.39 is 0 Å². The summed E-state index contributed by atoms with van der Waals surface area (Å²) in [5, 5.41) is 0. The Labute approximate surface area is 465 Å². The first-order chi connectivity index (χ1) is 39.3. The molecular formula is C74H54N6. The van der Waals surface area contributed by atoms with Gasteiger partial charge in [-0.15, -0.1) is 0 Å². The van der Waals surface area contributed by atoms with Gasteiger partial charge in [-0.1, -0.05) is 229 Å². The second-order valence-corrected chi connectivity index (χ2v) is 21.0. The SMILES string of the molecule is Cc1cc(C)cc(-c2ccc(-c3cc(C)cc(C)c3)c3nc(-c4ccc(-c5ccc(-c6nc7ccccc7n6-c6ccccc6)cc5)cc4)c(-c4ccc(-c5ccc(-c6nc7ccccc7n6-c6ccccc6)cc5)cc4)nc23)c1. The van der Waals surface area contributed by atoms with Crippen LogP contribution in [0.3, 0.4) is 0 Å². The summed E-state index contributed by atoms with van der Waals surface area (Å²) in [5.74, 6) is 1.82. The molecule has 6 nitrogen and oxygen atoms in total. The van der Waals surface area contributed by atoms with E-state index in [0.717, 1.165) is 134 Å². The van der Waals surface area contributed by atoms with E-state index in [0.29, 0.717) is 0 Å². The summed E-state index contributed by atoms with van der Waals surface area (Å²) in [7, 11) is 0. The van der Waals surface area contributed by atoms with Crippen molar-refractivity contribution in [3.63, 3.8) is 0 Å². The molecule has 0 aliphatic heterocycles. The highest BCUT2D eigenvalue weighted by molar-refractivity contribution is 6.03. The predicted molar refractivity (Wildman–Crippen MR) is 331 cm³/mol. The number of fused-ring (bicyclic) bond motifs is 3. The molecule has 0 saturated carbocycles. The highest BCUT2D eigenvalue weighted by Crippen LogP contribution is 2.41. The molecule has 0 bridgehead atoms. The number of aromatic nitrogens is 6. The first-order valence-corrected chi connectivity index (χ1v) is 27.3. The van der Waals surface area contributed by atoms with Crippen molar-refractivity contribution in [3.05, 3.63) is 277 Å². The number of nitrogens with zero attached hydrogens (tertiary/aromatic N) is 6. The fourth-order valence-corrected chi connectivity index (χ4v) is 11.6. The average molecular weight is 1030 g/mol. The normalized spacial score (nSPS) is 11.5. The lowest BCUT2D eigenvalue weighted by Crippen LogP contribution is -1.99. The molecule has 0 N–H and O–H groups in total. The van der Waals surface area contributed by atoms with Crippen LogP contribution < -0.4 is 0 Å². The molecule has 0 fully saturated rings. The molecule has 0 radical (unpaired) electrons. The molecule has 0 atom stereocenters. The van der Waals surface area contributed by atoms with Crippen molar-refractivity contribution >= 4 is 33.1 Å². The van der Waals surface area contributed by atoms with E-state index in [1.165, 1.54) is 22.3 Å². The van der Waals surface area contributed by atoms with Gasteiger partial charge in [-0.05, 0) is 110 Å². The maximum Gasteiger partial charge on any atom is 0.145 e. The zero-order chi connectivity index (χ0) is 53.8. The van der Waals surface area contributed by atoms with Crippen LogP contribution in [0.5, 0.6) is 0 Å². The van der Waals surface area contributed by atoms with E-state index in [1.807, 2.05) is 24.3 Å². The van der Waals surface area contributed by atoms with Crippen LogP contribution in [0, 0.1) is 27.7 Å². The van der Waals surface area contributed by atoms with Gasteiger partial charge in [-0.3, -0.25) is 9.13 Å². The number of imidazole rings is 2. The van der Waals surface area contributed by atoms with Gasteiger partial charge in [0.05, 0.1) is 44.5 Å². The van der Waals surface area contributed by atoms with Crippen LogP contribution in [0.15, 0.2) is 255 Å². The summed E-state index contributed by atoms with van der Waals surface area (Å²) >= 11 is 0. The Bertz CT molecular complexity index is 4290. The van der Waals surface area contributed by atoms with Crippen molar-refractivity contribution in [1.82, 2.24) is 29.1 Å². The van der Waals surface area contributed by atoms with E-state index in [2.05, 4.69) is 267 Å². The molecule has 0 aliphatic rings. The number of rotatable bonds is 10. The van der Waals surface area contributed by atoms with Crippen molar-refractivity contribution in [1.29, 1.82) is 0 Å². The Morgan fingerprint density at radius 1 is 0.250 bits per heavy atom. The van der Waals surface area contributed by atoms with Crippen LogP contribution >= 0.6 is 0 Å². The third-order valence-corrected chi connectivity index (χ3v) is 15.3. The highest BCUT2D eigenvalue weighted by atomic mass is 15.1. The summed E-state index contributed by atoms with van der Waals surface area (Å²) < 4.78 is 4.49. The summed E-state index contributed by atoms with van der Waals surface area (Å²) in [6.45, 7) is 8.65. The van der Waals surface area contributed by atoms with Crippen LogP contribution in [0.25, 0.3) is 134 Å². The molecule has 380 valence electrons. The Kier molecular flexibility index (Phi) is 12.0. The van der Waals surface area contributed by atoms with Crippen LogP contribution in [-0.4, -0.2) is 29.1 Å². The van der Waals surface area contributed by atoms with Gasteiger partial charge in [0.25, 0.3) is 0 Å². The van der Waals surface area contributed by atoms with Crippen molar-refractivity contribution in [3.8, 4) is 101 Å². The van der Waals surface area contributed by atoms with E-state index in [4.69, 9.17) is 19.9 Å². The third kappa shape index (κ3) is 8.83. The maximum atomic E-state index is 5.77. The zero-order valence-corrected chi connectivity index (χ0v) is 44.9. The molecule has 0 spiro atoms. The average Bonchev–Trinajstić information content (AvgIpc) is 4.16. The standard InChI is InChI=1S/C74H54N6/c1-47-41-48(2)44-59(43-47)63-39-40-64(60-45-49(3)42-50(4)46-60)72-71(63)77-69(55-31-23-51(24-32-55)53-27-35-57(36-28-53)73-75-65-19-11-13-21-67(65)79(73)61-15-7-5-8-16-61)70(78-72)56-33-25-52(26-34-56)54-29-37-58(38-30-54)74-76-66-20-12-14-22-68(66)80(74)62-17-9-6-10-18-62/h5-46H,1-4H3. The lowest BCUT2D eigenvalue weighted by Gasteiger charge is -2.17. The Balaban J connectivity index is 0.872. The van der Waals surface area contributed by atoms with E-state index in [-0.39, 0.29) is 0 Å². The van der Waals surface area contributed by atoms with Crippen molar-refractivity contribution in [2.75, 3.05) is 0 Å². The predicted octanol–water partition coefficient (Wildman–Crippen LogP) is 18.9. The van der Waals surface area contributed by atoms with Crippen molar-refractivity contribution in [2.45, 2.75) is 27.7 Å². The number of para-hydroxylation sites is 6. The minimum Gasteiger partial charge on any atom is -0.292 e. The third-order valence-electron chi connectivity index (χ3n) is 15.3. The minimum atomic E-state index is 0.820. The van der Waals surface area contributed by atoms with Crippen LogP contribution in [0.2, 0.25) is 0 Å². The van der Waals surface area contributed by atoms with Gasteiger partial charge in [0.2, 0.25) is 0 Å². The fourth-order valence-electron chi connectivity index (χ4n) is 11.6. The molecule has 0 unspecified atom stereocenters. The topological polar surface area (TPSA) is 61.4 Å². The first kappa shape index (κ1) is 48.1. The summed E-state index contributed by atoms with van der Waals surface area (Å²) in [5.41, 5.74) is 27.3. The summed E-state index contributed by atoms with van der Waals surface area (Å²) in [6, 6.07) is 90.7. The Hall–Kier alpha value is -10.3. The monoisotopic (exact) mass is 1030 g/mol. The molecule has 0 aliphatic carbocycles. The minimum absolute atomic E-state index is 0.820. The lowest BCUT2D eigenvalue weighted by atomic mass is 9.93. The number of benzene rings is 11. The van der Waals surface area contributed by atoms with E-state index in [9.17, 15) is 0 Å².